The van der Waals surface area contributed by atoms with Crippen LogP contribution in [0.3, 0.4) is 0 Å². The third-order valence-electron chi connectivity index (χ3n) is 2.51. The Morgan fingerprint density at radius 1 is 1.06 bits per heavy atom. The zero-order chi connectivity index (χ0) is 11.5. The maximum atomic E-state index is 5.37. The summed E-state index contributed by atoms with van der Waals surface area (Å²) >= 11 is 1.72. The Morgan fingerprint density at radius 2 is 1.88 bits per heavy atom. The van der Waals surface area contributed by atoms with Crippen LogP contribution in [0, 0.1) is 6.92 Å². The number of methoxy groups -OCH3 is 2. The summed E-state index contributed by atoms with van der Waals surface area (Å²) in [5, 5.41) is 2.09. The number of hydrogen-bond donors (Lipinski definition) is 0. The molecule has 0 fully saturated rings. The van der Waals surface area contributed by atoms with Crippen molar-refractivity contribution in [2.45, 2.75) is 6.92 Å². The lowest BCUT2D eigenvalue weighted by Gasteiger charge is -2.09. The van der Waals surface area contributed by atoms with Crippen LogP contribution in [0.1, 0.15) is 5.56 Å². The van der Waals surface area contributed by atoms with E-state index >= 15 is 0 Å². The molecule has 0 aliphatic heterocycles. The number of benzene rings is 1. The second-order valence-corrected chi connectivity index (χ2v) is 4.42. The summed E-state index contributed by atoms with van der Waals surface area (Å²) in [5.74, 6) is 1.73. The van der Waals surface area contributed by atoms with Gasteiger partial charge in [0.2, 0.25) is 0 Å². The van der Waals surface area contributed by atoms with Gasteiger partial charge >= 0.3 is 0 Å². The van der Waals surface area contributed by atoms with E-state index in [0.29, 0.717) is 0 Å². The van der Waals surface area contributed by atoms with E-state index in [9.17, 15) is 0 Å². The molecule has 3 heteroatoms. The minimum Gasteiger partial charge on any atom is -0.497 e. The fourth-order valence-corrected chi connectivity index (χ4v) is 2.59. The summed E-state index contributed by atoms with van der Waals surface area (Å²) in [6, 6.07) is 7.97. The van der Waals surface area contributed by atoms with Crippen LogP contribution in [0.15, 0.2) is 29.6 Å². The normalized spacial score (nSPS) is 10.2. The molecule has 0 amide bonds. The van der Waals surface area contributed by atoms with Gasteiger partial charge in [0.25, 0.3) is 0 Å². The summed E-state index contributed by atoms with van der Waals surface area (Å²) in [4.78, 5) is 1.23. The zero-order valence-corrected chi connectivity index (χ0v) is 10.4. The summed E-state index contributed by atoms with van der Waals surface area (Å²) < 4.78 is 10.6. The highest BCUT2D eigenvalue weighted by Crippen LogP contribution is 2.38. The Balaban J connectivity index is 2.57. The van der Waals surface area contributed by atoms with Gasteiger partial charge in [-0.3, -0.25) is 0 Å². The minimum atomic E-state index is 0.851. The van der Waals surface area contributed by atoms with E-state index in [1.54, 1.807) is 25.6 Å². The molecule has 1 heterocycles. The largest absolute Gasteiger partial charge is 0.497 e. The molecule has 0 bridgehead atoms. The van der Waals surface area contributed by atoms with Crippen LogP contribution in [0.25, 0.3) is 10.4 Å². The van der Waals surface area contributed by atoms with Crippen molar-refractivity contribution in [1.82, 2.24) is 0 Å². The number of thiophene rings is 1. The summed E-state index contributed by atoms with van der Waals surface area (Å²) in [7, 11) is 3.36. The molecule has 0 saturated heterocycles. The van der Waals surface area contributed by atoms with Crippen molar-refractivity contribution in [2.75, 3.05) is 14.2 Å². The Morgan fingerprint density at radius 3 is 2.44 bits per heavy atom. The van der Waals surface area contributed by atoms with Crippen LogP contribution in [0.5, 0.6) is 11.5 Å². The van der Waals surface area contributed by atoms with Crippen LogP contribution < -0.4 is 9.47 Å². The Hall–Kier alpha value is -1.48. The standard InChI is InChI=1S/C13H14O2S/c1-9-6-7-16-13(9)11-8-10(14-2)4-5-12(11)15-3/h4-8H,1-3H3. The smallest absolute Gasteiger partial charge is 0.127 e. The lowest BCUT2D eigenvalue weighted by Crippen LogP contribution is -1.89. The average molecular weight is 234 g/mol. The first-order valence-corrected chi connectivity index (χ1v) is 5.90. The maximum absolute atomic E-state index is 5.37. The molecule has 0 saturated carbocycles. The molecule has 2 nitrogen and oxygen atoms in total. The second kappa shape index (κ2) is 4.58. The van der Waals surface area contributed by atoms with Gasteiger partial charge in [0.05, 0.1) is 14.2 Å². The number of hydrogen-bond acceptors (Lipinski definition) is 3. The Kier molecular flexibility index (Phi) is 3.15. The number of aryl methyl sites for hydroxylation is 1. The van der Waals surface area contributed by atoms with Crippen molar-refractivity contribution in [2.24, 2.45) is 0 Å². The highest BCUT2D eigenvalue weighted by Gasteiger charge is 2.10. The van der Waals surface area contributed by atoms with Gasteiger partial charge in [-0.2, -0.15) is 0 Å². The minimum absolute atomic E-state index is 0.851. The van der Waals surface area contributed by atoms with Crippen molar-refractivity contribution in [3.8, 4) is 21.9 Å². The topological polar surface area (TPSA) is 18.5 Å². The molecule has 0 atom stereocenters. The van der Waals surface area contributed by atoms with Gasteiger partial charge in [0.15, 0.2) is 0 Å². The molecule has 0 aliphatic rings. The molecule has 2 rings (SSSR count). The van der Waals surface area contributed by atoms with Gasteiger partial charge in [-0.15, -0.1) is 11.3 Å². The summed E-state index contributed by atoms with van der Waals surface area (Å²) in [6.45, 7) is 2.10. The molecular weight excluding hydrogens is 220 g/mol. The van der Waals surface area contributed by atoms with Crippen LogP contribution in [-0.2, 0) is 0 Å². The fourth-order valence-electron chi connectivity index (χ4n) is 1.64. The van der Waals surface area contributed by atoms with Crippen LogP contribution >= 0.6 is 11.3 Å². The first-order chi connectivity index (χ1) is 7.76. The molecule has 16 heavy (non-hydrogen) atoms. The second-order valence-electron chi connectivity index (χ2n) is 3.50. The van der Waals surface area contributed by atoms with Crippen molar-refractivity contribution in [1.29, 1.82) is 0 Å². The third kappa shape index (κ3) is 1.91. The quantitative estimate of drug-likeness (QED) is 0.805. The highest BCUT2D eigenvalue weighted by molar-refractivity contribution is 7.13. The van der Waals surface area contributed by atoms with Crippen molar-refractivity contribution >= 4 is 11.3 Å². The lowest BCUT2D eigenvalue weighted by atomic mass is 10.1. The molecule has 0 aliphatic carbocycles. The zero-order valence-electron chi connectivity index (χ0n) is 9.61. The van der Waals surface area contributed by atoms with Gasteiger partial charge < -0.3 is 9.47 Å². The van der Waals surface area contributed by atoms with Gasteiger partial charge in [-0.1, -0.05) is 0 Å². The van der Waals surface area contributed by atoms with E-state index in [1.165, 1.54) is 10.4 Å². The molecule has 0 spiro atoms. The first kappa shape index (κ1) is 11.0. The first-order valence-electron chi connectivity index (χ1n) is 5.02. The molecule has 2 aromatic rings. The third-order valence-corrected chi connectivity index (χ3v) is 3.56. The van der Waals surface area contributed by atoms with E-state index in [2.05, 4.69) is 18.4 Å². The molecule has 0 unspecified atom stereocenters. The van der Waals surface area contributed by atoms with Gasteiger partial charge in [-0.05, 0) is 42.1 Å². The van der Waals surface area contributed by atoms with E-state index in [1.807, 2.05) is 18.2 Å². The summed E-state index contributed by atoms with van der Waals surface area (Å²) in [6.07, 6.45) is 0. The van der Waals surface area contributed by atoms with Crippen molar-refractivity contribution in [3.05, 3.63) is 35.2 Å². The van der Waals surface area contributed by atoms with Crippen molar-refractivity contribution in [3.63, 3.8) is 0 Å². The van der Waals surface area contributed by atoms with E-state index in [4.69, 9.17) is 9.47 Å². The monoisotopic (exact) mass is 234 g/mol. The molecule has 0 radical (unpaired) electrons. The average Bonchev–Trinajstić information content (AvgIpc) is 2.74. The van der Waals surface area contributed by atoms with Crippen molar-refractivity contribution < 1.29 is 9.47 Å². The molecule has 0 N–H and O–H groups in total. The van der Waals surface area contributed by atoms with Crippen LogP contribution in [0.2, 0.25) is 0 Å². The lowest BCUT2D eigenvalue weighted by molar-refractivity contribution is 0.404. The number of rotatable bonds is 3. The molecule has 1 aromatic carbocycles. The number of ether oxygens (including phenoxy) is 2. The SMILES string of the molecule is COc1ccc(OC)c(-c2sccc2C)c1. The Labute approximate surface area is 99.5 Å². The Bertz CT molecular complexity index is 488. The van der Waals surface area contributed by atoms with E-state index in [-0.39, 0.29) is 0 Å². The van der Waals surface area contributed by atoms with Crippen LogP contribution in [0.4, 0.5) is 0 Å². The van der Waals surface area contributed by atoms with Gasteiger partial charge in [0, 0.05) is 10.4 Å². The van der Waals surface area contributed by atoms with E-state index in [0.717, 1.165) is 17.1 Å². The predicted molar refractivity (Wildman–Crippen MR) is 67.6 cm³/mol. The maximum Gasteiger partial charge on any atom is 0.127 e. The fraction of sp³-hybridized carbons (Fsp3) is 0.231. The van der Waals surface area contributed by atoms with Crippen LogP contribution in [-0.4, -0.2) is 14.2 Å². The summed E-state index contributed by atoms with van der Waals surface area (Å²) in [5.41, 5.74) is 2.35. The van der Waals surface area contributed by atoms with Gasteiger partial charge in [0.1, 0.15) is 11.5 Å². The highest BCUT2D eigenvalue weighted by atomic mass is 32.1. The molecule has 1 aromatic heterocycles. The van der Waals surface area contributed by atoms with Gasteiger partial charge in [-0.25, -0.2) is 0 Å². The molecular formula is C13H14O2S. The molecule has 84 valence electrons. The van der Waals surface area contributed by atoms with E-state index < -0.39 is 0 Å². The predicted octanol–water partition coefficient (Wildman–Crippen LogP) is 3.74.